The van der Waals surface area contributed by atoms with Gasteiger partial charge in [0.05, 0.1) is 10.9 Å². The van der Waals surface area contributed by atoms with Crippen LogP contribution < -0.4 is 0 Å². The molecule has 0 radical (unpaired) electrons. The second-order valence-corrected chi connectivity index (χ2v) is 3.24. The van der Waals surface area contributed by atoms with Crippen molar-refractivity contribution in [1.29, 1.82) is 0 Å². The number of hydrogen-bond acceptors (Lipinski definition) is 2. The predicted molar refractivity (Wildman–Crippen MR) is 50.9 cm³/mol. The molecule has 0 spiro atoms. The number of Topliss-reactive ketones (excluding diaryl/α,β-unsaturated/α-hetero) is 1. The zero-order valence-electron chi connectivity index (χ0n) is 6.97. The van der Waals surface area contributed by atoms with Crippen molar-refractivity contribution in [2.24, 2.45) is 0 Å². The number of rotatable bonds is 2. The van der Waals surface area contributed by atoms with Crippen molar-refractivity contribution in [3.63, 3.8) is 0 Å². The number of benzene rings is 1. The van der Waals surface area contributed by atoms with Crippen molar-refractivity contribution >= 4 is 21.7 Å². The van der Waals surface area contributed by atoms with Crippen LogP contribution in [0, 0.1) is 12.7 Å². The third-order valence-corrected chi connectivity index (χ3v) is 2.22. The summed E-state index contributed by atoms with van der Waals surface area (Å²) < 4.78 is 13.1. The van der Waals surface area contributed by atoms with Crippen molar-refractivity contribution in [1.82, 2.24) is 0 Å². The third-order valence-electron chi connectivity index (χ3n) is 1.71. The lowest BCUT2D eigenvalue weighted by atomic mass is 10.1. The molecule has 0 unspecified atom stereocenters. The summed E-state index contributed by atoms with van der Waals surface area (Å²) in [5, 5.41) is 9.19. The molecular formula is C9H8BrFO2. The van der Waals surface area contributed by atoms with Gasteiger partial charge >= 0.3 is 0 Å². The lowest BCUT2D eigenvalue weighted by Gasteiger charge is -2.03. The molecule has 0 bridgehead atoms. The molecule has 1 rings (SSSR count). The van der Waals surface area contributed by atoms with Crippen molar-refractivity contribution in [2.75, 3.05) is 5.33 Å². The van der Waals surface area contributed by atoms with E-state index in [2.05, 4.69) is 15.9 Å². The molecule has 70 valence electrons. The Bertz CT molecular complexity index is 350. The largest absolute Gasteiger partial charge is 0.508 e. The van der Waals surface area contributed by atoms with E-state index in [9.17, 15) is 9.18 Å². The van der Waals surface area contributed by atoms with Gasteiger partial charge in [0.1, 0.15) is 11.6 Å². The van der Waals surface area contributed by atoms with Gasteiger partial charge in [-0.2, -0.15) is 0 Å². The fourth-order valence-electron chi connectivity index (χ4n) is 0.957. The number of alkyl halides is 1. The van der Waals surface area contributed by atoms with Crippen LogP contribution in [0.1, 0.15) is 15.9 Å². The number of aryl methyl sites for hydroxylation is 1. The molecule has 4 heteroatoms. The minimum absolute atomic E-state index is 0.00664. The van der Waals surface area contributed by atoms with E-state index in [1.54, 1.807) is 6.92 Å². The highest BCUT2D eigenvalue weighted by Crippen LogP contribution is 2.21. The second-order valence-electron chi connectivity index (χ2n) is 2.68. The molecule has 1 N–H and O–H groups in total. The lowest BCUT2D eigenvalue weighted by molar-refractivity contribution is 0.102. The van der Waals surface area contributed by atoms with E-state index in [-0.39, 0.29) is 22.4 Å². The smallest absolute Gasteiger partial charge is 0.176 e. The van der Waals surface area contributed by atoms with Gasteiger partial charge in [-0.15, -0.1) is 0 Å². The van der Waals surface area contributed by atoms with Crippen LogP contribution in [0.2, 0.25) is 0 Å². The Kier molecular flexibility index (Phi) is 3.03. The Morgan fingerprint density at radius 3 is 2.77 bits per heavy atom. The molecule has 1 aromatic carbocycles. The highest BCUT2D eigenvalue weighted by molar-refractivity contribution is 9.09. The first-order valence-electron chi connectivity index (χ1n) is 3.64. The maximum absolute atomic E-state index is 13.1. The van der Waals surface area contributed by atoms with Crippen LogP contribution in [-0.4, -0.2) is 16.2 Å². The van der Waals surface area contributed by atoms with Crippen molar-refractivity contribution < 1.29 is 14.3 Å². The molecule has 0 amide bonds. The normalized spacial score (nSPS) is 10.1. The summed E-state index contributed by atoms with van der Waals surface area (Å²) in [6.45, 7) is 1.61. The summed E-state index contributed by atoms with van der Waals surface area (Å²) in [7, 11) is 0. The van der Waals surface area contributed by atoms with Crippen LogP contribution in [0.5, 0.6) is 5.75 Å². The van der Waals surface area contributed by atoms with Gasteiger partial charge in [0.2, 0.25) is 0 Å². The summed E-state index contributed by atoms with van der Waals surface area (Å²) in [5.41, 5.74) is 0.498. The van der Waals surface area contributed by atoms with Gasteiger partial charge in [0, 0.05) is 6.07 Å². The summed E-state index contributed by atoms with van der Waals surface area (Å²) in [5.74, 6) is -1.16. The zero-order valence-corrected chi connectivity index (χ0v) is 8.56. The molecule has 0 aromatic heterocycles. The standard InChI is InChI=1S/C9H8BrFO2/c1-5-2-6(9(13)4-10)7(11)3-8(5)12/h2-3,12H,4H2,1H3. The third kappa shape index (κ3) is 2.06. The van der Waals surface area contributed by atoms with Crippen molar-refractivity contribution in [2.45, 2.75) is 6.92 Å². The highest BCUT2D eigenvalue weighted by atomic mass is 79.9. The number of aromatic hydroxyl groups is 1. The Labute approximate surface area is 83.5 Å². The quantitative estimate of drug-likeness (QED) is 0.643. The zero-order chi connectivity index (χ0) is 10.0. The molecule has 0 fully saturated rings. The molecule has 0 aliphatic heterocycles. The van der Waals surface area contributed by atoms with Crippen molar-refractivity contribution in [3.8, 4) is 5.75 Å². The molecule has 0 heterocycles. The van der Waals surface area contributed by atoms with Crippen LogP contribution in [-0.2, 0) is 0 Å². The Hall–Kier alpha value is -0.900. The Morgan fingerprint density at radius 1 is 1.62 bits per heavy atom. The van der Waals surface area contributed by atoms with Crippen LogP contribution in [0.25, 0.3) is 0 Å². The van der Waals surface area contributed by atoms with E-state index in [4.69, 9.17) is 5.11 Å². The number of ketones is 1. The van der Waals surface area contributed by atoms with Gasteiger partial charge in [0.15, 0.2) is 5.78 Å². The van der Waals surface area contributed by atoms with E-state index in [0.29, 0.717) is 5.56 Å². The number of carbonyl (C=O) groups excluding carboxylic acids is 1. The minimum Gasteiger partial charge on any atom is -0.508 e. The summed E-state index contributed by atoms with van der Waals surface area (Å²) in [6, 6.07) is 2.29. The van der Waals surface area contributed by atoms with E-state index in [1.807, 2.05) is 0 Å². The molecule has 0 saturated carbocycles. The van der Waals surface area contributed by atoms with Crippen LogP contribution in [0.4, 0.5) is 4.39 Å². The SMILES string of the molecule is Cc1cc(C(=O)CBr)c(F)cc1O. The number of phenols is 1. The molecule has 13 heavy (non-hydrogen) atoms. The molecule has 0 aliphatic rings. The minimum atomic E-state index is -0.687. The lowest BCUT2D eigenvalue weighted by Crippen LogP contribution is -2.03. The van der Waals surface area contributed by atoms with Gasteiger partial charge in [-0.1, -0.05) is 15.9 Å². The summed E-state index contributed by atoms with van der Waals surface area (Å²) in [6.07, 6.45) is 0. The van der Waals surface area contributed by atoms with Gasteiger partial charge in [0.25, 0.3) is 0 Å². The van der Waals surface area contributed by atoms with Gasteiger partial charge in [-0.05, 0) is 18.6 Å². The molecule has 1 aromatic rings. The fourth-order valence-corrected chi connectivity index (χ4v) is 1.26. The first kappa shape index (κ1) is 10.2. The van der Waals surface area contributed by atoms with E-state index in [0.717, 1.165) is 6.07 Å². The Balaban J connectivity index is 3.23. The van der Waals surface area contributed by atoms with E-state index in [1.165, 1.54) is 6.07 Å². The first-order chi connectivity index (χ1) is 6.06. The molecule has 0 aliphatic carbocycles. The van der Waals surface area contributed by atoms with Crippen LogP contribution in [0.3, 0.4) is 0 Å². The number of hydrogen-bond donors (Lipinski definition) is 1. The monoisotopic (exact) mass is 246 g/mol. The first-order valence-corrected chi connectivity index (χ1v) is 4.76. The van der Waals surface area contributed by atoms with Crippen LogP contribution >= 0.6 is 15.9 Å². The van der Waals surface area contributed by atoms with Crippen LogP contribution in [0.15, 0.2) is 12.1 Å². The maximum Gasteiger partial charge on any atom is 0.176 e. The van der Waals surface area contributed by atoms with Gasteiger partial charge in [-0.3, -0.25) is 4.79 Å². The van der Waals surface area contributed by atoms with E-state index < -0.39 is 5.82 Å². The maximum atomic E-state index is 13.1. The number of halogens is 2. The van der Waals surface area contributed by atoms with Crippen molar-refractivity contribution in [3.05, 3.63) is 29.1 Å². The molecule has 0 saturated heterocycles. The fraction of sp³-hybridized carbons (Fsp3) is 0.222. The van der Waals surface area contributed by atoms with E-state index >= 15 is 0 Å². The summed E-state index contributed by atoms with van der Waals surface area (Å²) in [4.78, 5) is 11.1. The highest BCUT2D eigenvalue weighted by Gasteiger charge is 2.12. The number of carbonyl (C=O) groups is 1. The summed E-state index contributed by atoms with van der Waals surface area (Å²) >= 11 is 2.95. The van der Waals surface area contributed by atoms with Gasteiger partial charge in [-0.25, -0.2) is 4.39 Å². The second kappa shape index (κ2) is 3.87. The molecule has 0 atom stereocenters. The predicted octanol–water partition coefficient (Wildman–Crippen LogP) is 2.42. The average molecular weight is 247 g/mol. The number of phenolic OH excluding ortho intramolecular Hbond substituents is 1. The average Bonchev–Trinajstić information content (AvgIpc) is 2.10. The van der Waals surface area contributed by atoms with Gasteiger partial charge < -0.3 is 5.11 Å². The molecular weight excluding hydrogens is 239 g/mol. The Morgan fingerprint density at radius 2 is 2.23 bits per heavy atom. The topological polar surface area (TPSA) is 37.3 Å². The molecule has 2 nitrogen and oxygen atoms in total.